The fourth-order valence-corrected chi connectivity index (χ4v) is 1.81. The molecule has 1 aromatic carbocycles. The van der Waals surface area contributed by atoms with Gasteiger partial charge in [-0.3, -0.25) is 14.4 Å². The summed E-state index contributed by atoms with van der Waals surface area (Å²) in [6.45, 7) is 1.24. The average Bonchev–Trinajstić information content (AvgIpc) is 2.53. The van der Waals surface area contributed by atoms with Crippen molar-refractivity contribution in [3.63, 3.8) is 0 Å². The quantitative estimate of drug-likeness (QED) is 0.548. The number of rotatable bonds is 2. The van der Waals surface area contributed by atoms with E-state index in [-0.39, 0.29) is 5.91 Å². The Hall–Kier alpha value is -1.97. The molecule has 4 heteroatoms. The van der Waals surface area contributed by atoms with Crippen molar-refractivity contribution in [2.75, 3.05) is 11.9 Å². The number of hydrogen-bond donors (Lipinski definition) is 0. The summed E-state index contributed by atoms with van der Waals surface area (Å²) in [6, 6.07) is 4.91. The minimum atomic E-state index is -0.509. The molecule has 2 rings (SSSR count). The summed E-state index contributed by atoms with van der Waals surface area (Å²) in [5.41, 5.74) is 1.97. The van der Waals surface area contributed by atoms with Gasteiger partial charge >= 0.3 is 0 Å². The monoisotopic (exact) mass is 217 g/mol. The molecule has 1 aliphatic rings. The van der Waals surface area contributed by atoms with Crippen LogP contribution in [0, 0.1) is 0 Å². The van der Waals surface area contributed by atoms with Crippen LogP contribution in [-0.2, 0) is 16.0 Å². The van der Waals surface area contributed by atoms with Gasteiger partial charge in [-0.25, -0.2) is 0 Å². The van der Waals surface area contributed by atoms with Crippen LogP contribution in [0.25, 0.3) is 0 Å². The highest BCUT2D eigenvalue weighted by molar-refractivity contribution is 6.43. The van der Waals surface area contributed by atoms with Crippen molar-refractivity contribution < 1.29 is 14.4 Å². The molecule has 0 N–H and O–H groups in total. The van der Waals surface area contributed by atoms with E-state index in [1.165, 1.54) is 6.92 Å². The van der Waals surface area contributed by atoms with Gasteiger partial charge in [-0.15, -0.1) is 0 Å². The van der Waals surface area contributed by atoms with Crippen LogP contribution in [0.4, 0.5) is 5.69 Å². The highest BCUT2D eigenvalue weighted by Crippen LogP contribution is 2.28. The molecule has 0 aliphatic carbocycles. The van der Waals surface area contributed by atoms with Crippen LogP contribution in [0.2, 0.25) is 0 Å². The number of amides is 1. The Bertz CT molecular complexity index is 505. The molecule has 4 nitrogen and oxygen atoms in total. The Labute approximate surface area is 92.9 Å². The Kier molecular flexibility index (Phi) is 2.34. The number of anilines is 1. The van der Waals surface area contributed by atoms with E-state index in [0.29, 0.717) is 12.0 Å². The maximum atomic E-state index is 11.5. The van der Waals surface area contributed by atoms with Crippen molar-refractivity contribution >= 4 is 23.2 Å². The summed E-state index contributed by atoms with van der Waals surface area (Å²) < 4.78 is 0. The molecule has 0 fully saturated rings. The van der Waals surface area contributed by atoms with E-state index in [1.807, 2.05) is 0 Å². The number of fused-ring (bicyclic) bond motifs is 1. The van der Waals surface area contributed by atoms with Gasteiger partial charge in [0.15, 0.2) is 5.78 Å². The lowest BCUT2D eigenvalue weighted by Gasteiger charge is -2.09. The standard InChI is InChI=1S/C12H11NO3/c1-7(14)12(16)8-3-4-10-9(5-8)6-11(15)13(10)2/h3-5H,6H2,1-2H3. The van der Waals surface area contributed by atoms with Gasteiger partial charge in [0.1, 0.15) is 0 Å². The number of nitrogens with zero attached hydrogens (tertiary/aromatic N) is 1. The van der Waals surface area contributed by atoms with Crippen LogP contribution in [0.3, 0.4) is 0 Å². The van der Waals surface area contributed by atoms with Gasteiger partial charge in [0.2, 0.25) is 11.7 Å². The van der Waals surface area contributed by atoms with Gasteiger partial charge in [0.25, 0.3) is 0 Å². The lowest BCUT2D eigenvalue weighted by Crippen LogP contribution is -2.20. The molecule has 16 heavy (non-hydrogen) atoms. The van der Waals surface area contributed by atoms with Crippen molar-refractivity contribution in [2.45, 2.75) is 13.3 Å². The molecule has 1 aromatic rings. The summed E-state index contributed by atoms with van der Waals surface area (Å²) >= 11 is 0. The molecule has 1 aliphatic heterocycles. The summed E-state index contributed by atoms with van der Waals surface area (Å²) in [6.07, 6.45) is 0.296. The smallest absolute Gasteiger partial charge is 0.231 e. The average molecular weight is 217 g/mol. The number of likely N-dealkylation sites (N-methyl/N-ethyl adjacent to an activating group) is 1. The first-order valence-electron chi connectivity index (χ1n) is 4.95. The second-order valence-corrected chi connectivity index (χ2v) is 3.86. The maximum absolute atomic E-state index is 11.5. The molecular weight excluding hydrogens is 206 g/mol. The lowest BCUT2D eigenvalue weighted by atomic mass is 10.0. The van der Waals surface area contributed by atoms with Crippen molar-refractivity contribution in [2.24, 2.45) is 0 Å². The van der Waals surface area contributed by atoms with Crippen LogP contribution in [0.15, 0.2) is 18.2 Å². The number of carbonyl (C=O) groups excluding carboxylic acids is 3. The molecule has 0 saturated carbocycles. The molecule has 1 amide bonds. The first kappa shape index (κ1) is 10.5. The molecule has 0 bridgehead atoms. The topological polar surface area (TPSA) is 54.5 Å². The van der Waals surface area contributed by atoms with E-state index < -0.39 is 11.6 Å². The molecule has 0 atom stereocenters. The van der Waals surface area contributed by atoms with Crippen LogP contribution in [0.1, 0.15) is 22.8 Å². The van der Waals surface area contributed by atoms with Gasteiger partial charge in [-0.2, -0.15) is 0 Å². The van der Waals surface area contributed by atoms with Gasteiger partial charge in [0.05, 0.1) is 6.42 Å². The Morgan fingerprint density at radius 3 is 2.62 bits per heavy atom. The molecule has 0 unspecified atom stereocenters. The van der Waals surface area contributed by atoms with E-state index in [2.05, 4.69) is 0 Å². The SMILES string of the molecule is CC(=O)C(=O)c1ccc2c(c1)CC(=O)N2C. The number of benzene rings is 1. The van der Waals surface area contributed by atoms with Crippen molar-refractivity contribution in [1.29, 1.82) is 0 Å². The summed E-state index contributed by atoms with van der Waals surface area (Å²) in [7, 11) is 1.70. The predicted molar refractivity (Wildman–Crippen MR) is 58.6 cm³/mol. The molecule has 1 heterocycles. The van der Waals surface area contributed by atoms with Crippen LogP contribution >= 0.6 is 0 Å². The largest absolute Gasteiger partial charge is 0.315 e. The highest BCUT2D eigenvalue weighted by Gasteiger charge is 2.25. The molecule has 0 saturated heterocycles. The fraction of sp³-hybridized carbons (Fsp3) is 0.250. The zero-order chi connectivity index (χ0) is 11.9. The molecule has 82 valence electrons. The molecular formula is C12H11NO3. The first-order valence-corrected chi connectivity index (χ1v) is 4.95. The van der Waals surface area contributed by atoms with Crippen LogP contribution in [0.5, 0.6) is 0 Å². The number of carbonyl (C=O) groups is 3. The van der Waals surface area contributed by atoms with E-state index in [0.717, 1.165) is 11.3 Å². The van der Waals surface area contributed by atoms with E-state index >= 15 is 0 Å². The van der Waals surface area contributed by atoms with E-state index in [9.17, 15) is 14.4 Å². The second-order valence-electron chi connectivity index (χ2n) is 3.86. The van der Waals surface area contributed by atoms with E-state index in [4.69, 9.17) is 0 Å². The Balaban J connectivity index is 2.43. The molecule has 0 spiro atoms. The van der Waals surface area contributed by atoms with E-state index in [1.54, 1.807) is 30.1 Å². The highest BCUT2D eigenvalue weighted by atomic mass is 16.2. The zero-order valence-corrected chi connectivity index (χ0v) is 9.11. The Morgan fingerprint density at radius 1 is 1.31 bits per heavy atom. The van der Waals surface area contributed by atoms with Crippen LogP contribution in [-0.4, -0.2) is 24.5 Å². The fourth-order valence-electron chi connectivity index (χ4n) is 1.81. The minimum Gasteiger partial charge on any atom is -0.315 e. The molecule has 0 radical (unpaired) electrons. The van der Waals surface area contributed by atoms with Gasteiger partial charge in [0, 0.05) is 25.2 Å². The zero-order valence-electron chi connectivity index (χ0n) is 9.11. The van der Waals surface area contributed by atoms with Gasteiger partial charge in [-0.1, -0.05) is 0 Å². The van der Waals surface area contributed by atoms with Crippen molar-refractivity contribution in [1.82, 2.24) is 0 Å². The first-order chi connectivity index (χ1) is 7.50. The van der Waals surface area contributed by atoms with Crippen LogP contribution < -0.4 is 4.90 Å². The van der Waals surface area contributed by atoms with Gasteiger partial charge in [-0.05, 0) is 23.8 Å². The molecule has 0 aromatic heterocycles. The maximum Gasteiger partial charge on any atom is 0.231 e. The van der Waals surface area contributed by atoms with Crippen molar-refractivity contribution in [3.8, 4) is 0 Å². The predicted octanol–water partition coefficient (Wildman–Crippen LogP) is 0.977. The summed E-state index contributed by atoms with van der Waals surface area (Å²) in [5.74, 6) is -0.996. The second kappa shape index (κ2) is 3.56. The third kappa shape index (κ3) is 1.52. The summed E-state index contributed by atoms with van der Waals surface area (Å²) in [5, 5.41) is 0. The third-order valence-electron chi connectivity index (χ3n) is 2.74. The Morgan fingerprint density at radius 2 is 2.00 bits per heavy atom. The minimum absolute atomic E-state index is 0.00224. The normalized spacial score (nSPS) is 13.9. The third-order valence-corrected chi connectivity index (χ3v) is 2.74. The van der Waals surface area contributed by atoms with Gasteiger partial charge < -0.3 is 4.90 Å². The van der Waals surface area contributed by atoms with Crippen molar-refractivity contribution in [3.05, 3.63) is 29.3 Å². The summed E-state index contributed by atoms with van der Waals surface area (Å²) in [4.78, 5) is 35.4. The lowest BCUT2D eigenvalue weighted by molar-refractivity contribution is -0.117. The number of Topliss-reactive ketones (excluding diaryl/α,β-unsaturated/α-hetero) is 2. The number of hydrogen-bond acceptors (Lipinski definition) is 3. The number of ketones is 2.